The van der Waals surface area contributed by atoms with E-state index in [1.165, 1.54) is 19.2 Å². The molecule has 0 aliphatic rings. The van der Waals surface area contributed by atoms with Crippen molar-refractivity contribution in [1.82, 2.24) is 15.2 Å². The minimum Gasteiger partial charge on any atom is -0.465 e. The van der Waals surface area contributed by atoms with Gasteiger partial charge in [-0.1, -0.05) is 18.2 Å². The molecule has 0 aliphatic carbocycles. The van der Waals surface area contributed by atoms with E-state index in [-0.39, 0.29) is 22.9 Å². The summed E-state index contributed by atoms with van der Waals surface area (Å²) < 4.78 is 4.71. The molecule has 142 valence electrons. The SMILES string of the molecule is COC(=O)c1ccccc1NC(=O)c1cccc(C(=O)NCCN(C)C)n1. The van der Waals surface area contributed by atoms with Gasteiger partial charge in [0.05, 0.1) is 18.4 Å². The van der Waals surface area contributed by atoms with Crippen LogP contribution in [-0.2, 0) is 4.74 Å². The standard InChI is InChI=1S/C19H22N4O4/c1-23(2)12-11-20-17(24)15-9-6-10-16(21-15)18(25)22-14-8-5-4-7-13(14)19(26)27-3/h4-10H,11-12H2,1-3H3,(H,20,24)(H,22,25). The van der Waals surface area contributed by atoms with Crippen molar-refractivity contribution < 1.29 is 19.1 Å². The van der Waals surface area contributed by atoms with Crippen LogP contribution in [0.4, 0.5) is 5.69 Å². The Bertz CT molecular complexity index is 836. The number of ether oxygens (including phenoxy) is 1. The molecule has 2 amide bonds. The van der Waals surface area contributed by atoms with E-state index in [1.54, 1.807) is 30.3 Å². The Labute approximate surface area is 157 Å². The number of likely N-dealkylation sites (N-methyl/N-ethyl adjacent to an activating group) is 1. The minimum atomic E-state index is -0.562. The Morgan fingerprint density at radius 3 is 2.33 bits per heavy atom. The Kier molecular flexibility index (Phi) is 7.01. The summed E-state index contributed by atoms with van der Waals surface area (Å²) in [6.07, 6.45) is 0. The van der Waals surface area contributed by atoms with Gasteiger partial charge in [-0.15, -0.1) is 0 Å². The average Bonchev–Trinajstić information content (AvgIpc) is 2.67. The molecule has 1 aromatic heterocycles. The van der Waals surface area contributed by atoms with E-state index in [2.05, 4.69) is 15.6 Å². The Morgan fingerprint density at radius 2 is 1.67 bits per heavy atom. The highest BCUT2D eigenvalue weighted by Gasteiger charge is 2.16. The number of esters is 1. The predicted molar refractivity (Wildman–Crippen MR) is 101 cm³/mol. The molecule has 0 aliphatic heterocycles. The number of aromatic nitrogens is 1. The second-order valence-corrected chi connectivity index (χ2v) is 5.96. The first-order valence-electron chi connectivity index (χ1n) is 8.31. The lowest BCUT2D eigenvalue weighted by molar-refractivity contribution is 0.0601. The topological polar surface area (TPSA) is 101 Å². The number of hydrogen-bond donors (Lipinski definition) is 2. The van der Waals surface area contributed by atoms with E-state index in [4.69, 9.17) is 4.74 Å². The van der Waals surface area contributed by atoms with Gasteiger partial charge in [0.25, 0.3) is 11.8 Å². The summed E-state index contributed by atoms with van der Waals surface area (Å²) in [5, 5.41) is 5.37. The zero-order chi connectivity index (χ0) is 19.8. The highest BCUT2D eigenvalue weighted by atomic mass is 16.5. The fraction of sp³-hybridized carbons (Fsp3) is 0.263. The van der Waals surface area contributed by atoms with Gasteiger partial charge in [0.1, 0.15) is 11.4 Å². The zero-order valence-corrected chi connectivity index (χ0v) is 15.5. The lowest BCUT2D eigenvalue weighted by Gasteiger charge is -2.11. The normalized spacial score (nSPS) is 10.4. The van der Waals surface area contributed by atoms with Crippen molar-refractivity contribution in [1.29, 1.82) is 0 Å². The summed E-state index contributed by atoms with van der Waals surface area (Å²) in [5.74, 6) is -1.45. The molecule has 8 heteroatoms. The van der Waals surface area contributed by atoms with Crippen LogP contribution in [0.3, 0.4) is 0 Å². The fourth-order valence-electron chi connectivity index (χ4n) is 2.24. The fourth-order valence-corrected chi connectivity index (χ4v) is 2.24. The van der Waals surface area contributed by atoms with E-state index >= 15 is 0 Å². The first kappa shape index (κ1) is 20.1. The number of para-hydroxylation sites is 1. The van der Waals surface area contributed by atoms with Crippen LogP contribution < -0.4 is 10.6 Å². The zero-order valence-electron chi connectivity index (χ0n) is 15.5. The molecule has 0 fully saturated rings. The summed E-state index contributed by atoms with van der Waals surface area (Å²) in [7, 11) is 5.07. The molecule has 2 rings (SSSR count). The largest absolute Gasteiger partial charge is 0.465 e. The van der Waals surface area contributed by atoms with Crippen molar-refractivity contribution in [2.24, 2.45) is 0 Å². The maximum Gasteiger partial charge on any atom is 0.339 e. The molecule has 1 aromatic carbocycles. The van der Waals surface area contributed by atoms with E-state index in [0.29, 0.717) is 18.8 Å². The molecule has 1 heterocycles. The summed E-state index contributed by atoms with van der Waals surface area (Å²) in [6.45, 7) is 1.16. The van der Waals surface area contributed by atoms with E-state index in [1.807, 2.05) is 19.0 Å². The van der Waals surface area contributed by atoms with Crippen molar-refractivity contribution in [2.45, 2.75) is 0 Å². The lowest BCUT2D eigenvalue weighted by Crippen LogP contribution is -2.32. The minimum absolute atomic E-state index is 0.0647. The van der Waals surface area contributed by atoms with Crippen LogP contribution in [0.15, 0.2) is 42.5 Å². The second-order valence-electron chi connectivity index (χ2n) is 5.96. The summed E-state index contributed by atoms with van der Waals surface area (Å²) in [6, 6.07) is 11.1. The molecule has 0 atom stereocenters. The van der Waals surface area contributed by atoms with Crippen molar-refractivity contribution in [3.05, 3.63) is 59.4 Å². The number of hydrogen-bond acceptors (Lipinski definition) is 6. The molecular weight excluding hydrogens is 348 g/mol. The number of nitrogens with zero attached hydrogens (tertiary/aromatic N) is 2. The Balaban J connectivity index is 2.12. The molecule has 2 aromatic rings. The molecule has 0 spiro atoms. The molecule has 0 saturated heterocycles. The Hall–Kier alpha value is -3.26. The molecule has 8 nitrogen and oxygen atoms in total. The van der Waals surface area contributed by atoms with Crippen molar-refractivity contribution in [2.75, 3.05) is 39.6 Å². The number of carbonyl (C=O) groups excluding carboxylic acids is 3. The number of amides is 2. The lowest BCUT2D eigenvalue weighted by atomic mass is 10.1. The second kappa shape index (κ2) is 9.44. The van der Waals surface area contributed by atoms with E-state index in [0.717, 1.165) is 0 Å². The number of carbonyl (C=O) groups is 3. The highest BCUT2D eigenvalue weighted by molar-refractivity contribution is 6.07. The third-order valence-electron chi connectivity index (χ3n) is 3.64. The first-order valence-corrected chi connectivity index (χ1v) is 8.31. The monoisotopic (exact) mass is 370 g/mol. The third-order valence-corrected chi connectivity index (χ3v) is 3.64. The number of methoxy groups -OCH3 is 1. The van der Waals surface area contributed by atoms with Gasteiger partial charge >= 0.3 is 5.97 Å². The number of rotatable bonds is 7. The van der Waals surface area contributed by atoms with Gasteiger partial charge in [-0.3, -0.25) is 9.59 Å². The van der Waals surface area contributed by atoms with E-state index < -0.39 is 11.9 Å². The highest BCUT2D eigenvalue weighted by Crippen LogP contribution is 2.17. The molecule has 0 bridgehead atoms. The molecule has 0 saturated carbocycles. The van der Waals surface area contributed by atoms with Gasteiger partial charge < -0.3 is 20.3 Å². The molecule has 27 heavy (non-hydrogen) atoms. The van der Waals surface area contributed by atoms with Gasteiger partial charge in [0, 0.05) is 13.1 Å². The van der Waals surface area contributed by atoms with Crippen LogP contribution in [0.2, 0.25) is 0 Å². The van der Waals surface area contributed by atoms with Crippen LogP contribution in [0.25, 0.3) is 0 Å². The van der Waals surface area contributed by atoms with E-state index in [9.17, 15) is 14.4 Å². The van der Waals surface area contributed by atoms with Gasteiger partial charge in [0.15, 0.2) is 0 Å². The molecule has 0 radical (unpaired) electrons. The van der Waals surface area contributed by atoms with Crippen LogP contribution in [-0.4, -0.2) is 62.0 Å². The number of nitrogens with one attached hydrogen (secondary N) is 2. The average molecular weight is 370 g/mol. The molecular formula is C19H22N4O4. The number of pyridine rings is 1. The van der Waals surface area contributed by atoms with Crippen molar-refractivity contribution in [3.8, 4) is 0 Å². The molecule has 2 N–H and O–H groups in total. The van der Waals surface area contributed by atoms with Crippen LogP contribution in [0, 0.1) is 0 Å². The number of benzene rings is 1. The third kappa shape index (κ3) is 5.61. The maximum absolute atomic E-state index is 12.5. The van der Waals surface area contributed by atoms with Gasteiger partial charge in [-0.2, -0.15) is 0 Å². The quantitative estimate of drug-likeness (QED) is 0.715. The summed E-state index contributed by atoms with van der Waals surface area (Å²) in [5.41, 5.74) is 0.737. The smallest absolute Gasteiger partial charge is 0.339 e. The van der Waals surface area contributed by atoms with Crippen LogP contribution in [0.1, 0.15) is 31.3 Å². The molecule has 0 unspecified atom stereocenters. The van der Waals surface area contributed by atoms with Gasteiger partial charge in [-0.25, -0.2) is 9.78 Å². The predicted octanol–water partition coefficient (Wildman–Crippen LogP) is 1.41. The van der Waals surface area contributed by atoms with Crippen molar-refractivity contribution >= 4 is 23.5 Å². The summed E-state index contributed by atoms with van der Waals surface area (Å²) in [4.78, 5) is 42.5. The van der Waals surface area contributed by atoms with Crippen LogP contribution >= 0.6 is 0 Å². The first-order chi connectivity index (χ1) is 12.9. The Morgan fingerprint density at radius 1 is 1.00 bits per heavy atom. The van der Waals surface area contributed by atoms with Gasteiger partial charge in [-0.05, 0) is 38.4 Å². The van der Waals surface area contributed by atoms with Crippen LogP contribution in [0.5, 0.6) is 0 Å². The maximum atomic E-state index is 12.5. The number of anilines is 1. The van der Waals surface area contributed by atoms with Gasteiger partial charge in [0.2, 0.25) is 0 Å². The van der Waals surface area contributed by atoms with Crippen molar-refractivity contribution in [3.63, 3.8) is 0 Å². The summed E-state index contributed by atoms with van der Waals surface area (Å²) >= 11 is 0.